The maximum atomic E-state index is 14.0. The lowest BCUT2D eigenvalue weighted by Gasteiger charge is -2.26. The number of amides is 2. The topological polar surface area (TPSA) is 40.6 Å². The Morgan fingerprint density at radius 2 is 0.971 bits per heavy atom. The molecular formula is C30H36N2O2. The van der Waals surface area contributed by atoms with Gasteiger partial charge in [0.2, 0.25) is 0 Å². The van der Waals surface area contributed by atoms with Gasteiger partial charge in [0.25, 0.3) is 11.8 Å². The van der Waals surface area contributed by atoms with Gasteiger partial charge in [0, 0.05) is 24.5 Å². The first-order chi connectivity index (χ1) is 16.7. The Labute approximate surface area is 204 Å². The number of nitrogens with zero attached hydrogens (tertiary/aromatic N) is 2. The molecule has 34 heavy (non-hydrogen) atoms. The molecule has 4 nitrogen and oxygen atoms in total. The highest BCUT2D eigenvalue weighted by molar-refractivity contribution is 6.16. The van der Waals surface area contributed by atoms with Gasteiger partial charge in [-0.15, -0.1) is 0 Å². The maximum Gasteiger partial charge on any atom is 0.263 e. The lowest BCUT2D eigenvalue weighted by atomic mass is 10.0. The number of hydrogen-bond acceptors (Lipinski definition) is 2. The number of para-hydroxylation sites is 2. The van der Waals surface area contributed by atoms with E-state index in [1.54, 1.807) is 17.0 Å². The van der Waals surface area contributed by atoms with Crippen LogP contribution in [0, 0.1) is 0 Å². The molecule has 0 aliphatic rings. The zero-order chi connectivity index (χ0) is 24.2. The highest BCUT2D eigenvalue weighted by Crippen LogP contribution is 2.28. The molecule has 3 aromatic carbocycles. The molecule has 0 atom stereocenters. The summed E-state index contributed by atoms with van der Waals surface area (Å²) in [5, 5.41) is 0. The van der Waals surface area contributed by atoms with Crippen LogP contribution in [0.3, 0.4) is 0 Å². The van der Waals surface area contributed by atoms with Crippen molar-refractivity contribution in [1.29, 1.82) is 0 Å². The van der Waals surface area contributed by atoms with E-state index in [1.807, 2.05) is 77.7 Å². The molecule has 0 aliphatic carbocycles. The molecule has 0 saturated carbocycles. The van der Waals surface area contributed by atoms with E-state index >= 15 is 0 Å². The van der Waals surface area contributed by atoms with Crippen LogP contribution < -0.4 is 4.90 Å². The van der Waals surface area contributed by atoms with Crippen LogP contribution >= 0.6 is 0 Å². The van der Waals surface area contributed by atoms with E-state index in [9.17, 15) is 9.59 Å². The summed E-state index contributed by atoms with van der Waals surface area (Å²) in [5.74, 6) is -0.263. The van der Waals surface area contributed by atoms with Crippen molar-refractivity contribution in [2.45, 2.75) is 52.4 Å². The van der Waals surface area contributed by atoms with Crippen LogP contribution in [0.1, 0.15) is 73.1 Å². The molecule has 4 heteroatoms. The minimum Gasteiger partial charge on any atom is -0.339 e. The van der Waals surface area contributed by atoms with E-state index < -0.39 is 0 Å². The third kappa shape index (κ3) is 6.57. The molecule has 0 heterocycles. The van der Waals surface area contributed by atoms with E-state index in [2.05, 4.69) is 13.8 Å². The summed E-state index contributed by atoms with van der Waals surface area (Å²) >= 11 is 0. The van der Waals surface area contributed by atoms with Crippen LogP contribution in [0.4, 0.5) is 11.4 Å². The Morgan fingerprint density at radius 1 is 0.559 bits per heavy atom. The van der Waals surface area contributed by atoms with Gasteiger partial charge in [-0.1, -0.05) is 88.1 Å². The van der Waals surface area contributed by atoms with E-state index in [4.69, 9.17) is 0 Å². The maximum absolute atomic E-state index is 14.0. The van der Waals surface area contributed by atoms with Crippen molar-refractivity contribution in [2.24, 2.45) is 0 Å². The molecule has 0 saturated heterocycles. The Balaban J connectivity index is 1.96. The first-order valence-corrected chi connectivity index (χ1v) is 12.5. The molecule has 2 amide bonds. The van der Waals surface area contributed by atoms with Crippen LogP contribution in [0.5, 0.6) is 0 Å². The van der Waals surface area contributed by atoms with Gasteiger partial charge in [0.15, 0.2) is 0 Å². The molecule has 3 rings (SSSR count). The SMILES string of the molecule is CCCCCN(CCCCC)C(=O)c1ccccc1C(=O)N(c1ccccc1)c1ccccc1. The zero-order valence-corrected chi connectivity index (χ0v) is 20.5. The average Bonchev–Trinajstić information content (AvgIpc) is 2.89. The zero-order valence-electron chi connectivity index (χ0n) is 20.5. The number of carbonyl (C=O) groups is 2. The third-order valence-corrected chi connectivity index (χ3v) is 5.97. The first kappa shape index (κ1) is 25.2. The summed E-state index contributed by atoms with van der Waals surface area (Å²) < 4.78 is 0. The van der Waals surface area contributed by atoms with Gasteiger partial charge < -0.3 is 4.90 Å². The monoisotopic (exact) mass is 456 g/mol. The molecule has 0 unspecified atom stereocenters. The molecule has 3 aromatic rings. The lowest BCUT2D eigenvalue weighted by molar-refractivity contribution is 0.0744. The second-order valence-corrected chi connectivity index (χ2v) is 8.56. The Morgan fingerprint density at radius 3 is 1.41 bits per heavy atom. The van der Waals surface area contributed by atoms with Crippen molar-refractivity contribution < 1.29 is 9.59 Å². The minimum absolute atomic E-state index is 0.0581. The van der Waals surface area contributed by atoms with Crippen molar-refractivity contribution in [3.8, 4) is 0 Å². The van der Waals surface area contributed by atoms with Crippen LogP contribution in [0.25, 0.3) is 0 Å². The van der Waals surface area contributed by atoms with Crippen molar-refractivity contribution in [3.63, 3.8) is 0 Å². The third-order valence-electron chi connectivity index (χ3n) is 5.97. The van der Waals surface area contributed by atoms with Crippen LogP contribution in [-0.4, -0.2) is 29.8 Å². The molecule has 0 fully saturated rings. The lowest BCUT2D eigenvalue weighted by Crippen LogP contribution is -2.35. The van der Waals surface area contributed by atoms with Crippen molar-refractivity contribution in [3.05, 3.63) is 96.1 Å². The molecule has 0 radical (unpaired) electrons. The minimum atomic E-state index is -0.205. The van der Waals surface area contributed by atoms with Crippen molar-refractivity contribution >= 4 is 23.2 Å². The highest BCUT2D eigenvalue weighted by Gasteiger charge is 2.26. The van der Waals surface area contributed by atoms with Crippen LogP contribution in [-0.2, 0) is 0 Å². The fourth-order valence-corrected chi connectivity index (χ4v) is 4.10. The second kappa shape index (κ2) is 13.3. The van der Waals surface area contributed by atoms with Gasteiger partial charge in [-0.25, -0.2) is 0 Å². The summed E-state index contributed by atoms with van der Waals surface area (Å²) in [6.45, 7) is 5.78. The summed E-state index contributed by atoms with van der Waals surface area (Å²) in [6, 6.07) is 26.4. The van der Waals surface area contributed by atoms with E-state index in [0.717, 1.165) is 63.0 Å². The molecule has 178 valence electrons. The predicted octanol–water partition coefficient (Wildman–Crippen LogP) is 7.49. The van der Waals surface area contributed by atoms with Crippen molar-refractivity contribution in [1.82, 2.24) is 4.90 Å². The van der Waals surface area contributed by atoms with Gasteiger partial charge in [-0.3, -0.25) is 14.5 Å². The summed E-state index contributed by atoms with van der Waals surface area (Å²) in [7, 11) is 0. The first-order valence-electron chi connectivity index (χ1n) is 12.5. The number of hydrogen-bond donors (Lipinski definition) is 0. The quantitative estimate of drug-likeness (QED) is 0.265. The predicted molar refractivity (Wildman–Crippen MR) is 141 cm³/mol. The number of rotatable bonds is 12. The average molecular weight is 457 g/mol. The van der Waals surface area contributed by atoms with Crippen molar-refractivity contribution in [2.75, 3.05) is 18.0 Å². The molecular weight excluding hydrogens is 420 g/mol. The molecule has 0 spiro atoms. The Hall–Kier alpha value is -3.40. The Kier molecular flexibility index (Phi) is 9.90. The second-order valence-electron chi connectivity index (χ2n) is 8.56. The van der Waals surface area contributed by atoms with E-state index in [0.29, 0.717) is 11.1 Å². The van der Waals surface area contributed by atoms with Crippen LogP contribution in [0.15, 0.2) is 84.9 Å². The smallest absolute Gasteiger partial charge is 0.263 e. The van der Waals surface area contributed by atoms with E-state index in [1.165, 1.54) is 0 Å². The number of anilines is 2. The molecule has 0 bridgehead atoms. The Bertz CT molecular complexity index is 984. The van der Waals surface area contributed by atoms with Gasteiger partial charge in [0.1, 0.15) is 0 Å². The van der Waals surface area contributed by atoms with Gasteiger partial charge in [-0.2, -0.15) is 0 Å². The highest BCUT2D eigenvalue weighted by atomic mass is 16.2. The summed E-state index contributed by atoms with van der Waals surface area (Å²) in [6.07, 6.45) is 6.35. The van der Waals surface area contributed by atoms with Crippen LogP contribution in [0.2, 0.25) is 0 Å². The molecule has 0 aromatic heterocycles. The van der Waals surface area contributed by atoms with Gasteiger partial charge >= 0.3 is 0 Å². The van der Waals surface area contributed by atoms with Gasteiger partial charge in [-0.05, 0) is 49.2 Å². The fourth-order valence-electron chi connectivity index (χ4n) is 4.10. The summed E-state index contributed by atoms with van der Waals surface area (Å²) in [4.78, 5) is 31.3. The fraction of sp³-hybridized carbons (Fsp3) is 0.333. The molecule has 0 aliphatic heterocycles. The number of benzene rings is 3. The summed E-state index contributed by atoms with van der Waals surface area (Å²) in [5.41, 5.74) is 2.43. The van der Waals surface area contributed by atoms with Gasteiger partial charge in [0.05, 0.1) is 11.1 Å². The number of unbranched alkanes of at least 4 members (excludes halogenated alkanes) is 4. The molecule has 0 N–H and O–H groups in total. The van der Waals surface area contributed by atoms with E-state index in [-0.39, 0.29) is 11.8 Å². The number of carbonyl (C=O) groups excluding carboxylic acids is 2. The standard InChI is InChI=1S/C30H36N2O2/c1-3-5-15-23-31(24-16-6-4-2)29(33)27-21-13-14-22-28(27)30(34)32(25-17-9-7-10-18-25)26-19-11-8-12-20-26/h7-14,17-22H,3-6,15-16,23-24H2,1-2H3. The normalized spacial score (nSPS) is 10.6. The largest absolute Gasteiger partial charge is 0.339 e.